The van der Waals surface area contributed by atoms with Gasteiger partial charge in [-0.15, -0.1) is 0 Å². The minimum Gasteiger partial charge on any atom is -0.397 e. The number of benzene rings is 3. The zero-order valence-corrected chi connectivity index (χ0v) is 17.8. The highest BCUT2D eigenvalue weighted by Crippen LogP contribution is 2.33. The Bertz CT molecular complexity index is 1330. The molecule has 0 radical (unpaired) electrons. The van der Waals surface area contributed by atoms with Crippen LogP contribution in [0, 0.1) is 0 Å². The first-order chi connectivity index (χ1) is 15.2. The molecular formula is C26H23ClN4. The van der Waals surface area contributed by atoms with E-state index in [1.165, 1.54) is 16.3 Å². The van der Waals surface area contributed by atoms with Crippen molar-refractivity contribution >= 4 is 28.1 Å². The Morgan fingerprint density at radius 3 is 2.55 bits per heavy atom. The SMILES string of the molecule is Nc1cn(Cc2cncn2CCc2ccc(Cl)cc2)cc1-c1cccc2ccccc12. The molecule has 0 aliphatic heterocycles. The van der Waals surface area contributed by atoms with Crippen LogP contribution < -0.4 is 5.73 Å². The van der Waals surface area contributed by atoms with E-state index in [1.807, 2.05) is 30.9 Å². The van der Waals surface area contributed by atoms with Crippen molar-refractivity contribution in [2.75, 3.05) is 5.73 Å². The van der Waals surface area contributed by atoms with E-state index in [2.05, 4.69) is 74.9 Å². The predicted octanol–water partition coefficient (Wildman–Crippen LogP) is 6.03. The summed E-state index contributed by atoms with van der Waals surface area (Å²) in [7, 11) is 0. The molecule has 0 fully saturated rings. The van der Waals surface area contributed by atoms with Crippen LogP contribution in [0.2, 0.25) is 5.02 Å². The van der Waals surface area contributed by atoms with Gasteiger partial charge in [-0.25, -0.2) is 4.98 Å². The molecule has 0 unspecified atom stereocenters. The Morgan fingerprint density at radius 1 is 0.871 bits per heavy atom. The molecule has 31 heavy (non-hydrogen) atoms. The molecule has 2 aromatic heterocycles. The summed E-state index contributed by atoms with van der Waals surface area (Å²) < 4.78 is 4.34. The Kier molecular flexibility index (Phi) is 5.23. The molecule has 5 aromatic rings. The standard InChI is InChI=1S/C26H23ClN4/c27-21-10-8-19(9-11-21)12-13-31-18-29-14-22(31)15-30-16-25(26(28)17-30)24-7-3-5-20-4-1-2-6-23(20)24/h1-11,14,16-18H,12-13,15,28H2. The summed E-state index contributed by atoms with van der Waals surface area (Å²) in [5, 5.41) is 3.19. The van der Waals surface area contributed by atoms with Gasteiger partial charge >= 0.3 is 0 Å². The van der Waals surface area contributed by atoms with Gasteiger partial charge in [-0.2, -0.15) is 0 Å². The Balaban J connectivity index is 1.37. The maximum atomic E-state index is 6.42. The molecule has 0 saturated carbocycles. The number of hydrogen-bond donors (Lipinski definition) is 1. The number of hydrogen-bond acceptors (Lipinski definition) is 2. The van der Waals surface area contributed by atoms with Gasteiger partial charge in [-0.05, 0) is 40.5 Å². The fraction of sp³-hybridized carbons (Fsp3) is 0.115. The van der Waals surface area contributed by atoms with E-state index in [4.69, 9.17) is 17.3 Å². The highest BCUT2D eigenvalue weighted by molar-refractivity contribution is 6.30. The minimum absolute atomic E-state index is 0.718. The van der Waals surface area contributed by atoms with Crippen LogP contribution in [0.5, 0.6) is 0 Å². The molecule has 5 heteroatoms. The van der Waals surface area contributed by atoms with Crippen molar-refractivity contribution in [3.05, 3.63) is 108 Å². The highest BCUT2D eigenvalue weighted by atomic mass is 35.5. The van der Waals surface area contributed by atoms with Gasteiger partial charge in [0.15, 0.2) is 0 Å². The lowest BCUT2D eigenvalue weighted by Gasteiger charge is -2.09. The fourth-order valence-electron chi connectivity index (χ4n) is 4.07. The van der Waals surface area contributed by atoms with Gasteiger partial charge in [-0.3, -0.25) is 0 Å². The summed E-state index contributed by atoms with van der Waals surface area (Å²) in [6, 6.07) is 22.8. The van der Waals surface area contributed by atoms with Crippen LogP contribution in [-0.2, 0) is 19.5 Å². The number of aryl methyl sites for hydroxylation is 2. The number of nitrogens with two attached hydrogens (primary N) is 1. The molecule has 2 heterocycles. The predicted molar refractivity (Wildman–Crippen MR) is 128 cm³/mol. The summed E-state index contributed by atoms with van der Waals surface area (Å²) in [4.78, 5) is 4.37. The zero-order chi connectivity index (χ0) is 21.2. The summed E-state index contributed by atoms with van der Waals surface area (Å²) in [6.07, 6.45) is 8.89. The lowest BCUT2D eigenvalue weighted by molar-refractivity contribution is 0.635. The normalized spacial score (nSPS) is 11.3. The number of imidazole rings is 1. The third-order valence-corrected chi connectivity index (χ3v) is 5.94. The number of nitrogens with zero attached hydrogens (tertiary/aromatic N) is 3. The Morgan fingerprint density at radius 2 is 1.68 bits per heavy atom. The lowest BCUT2D eigenvalue weighted by atomic mass is 10.00. The van der Waals surface area contributed by atoms with Gasteiger partial charge in [0, 0.05) is 35.7 Å². The van der Waals surface area contributed by atoms with Gasteiger partial charge < -0.3 is 14.9 Å². The molecule has 154 valence electrons. The van der Waals surface area contributed by atoms with Crippen LogP contribution >= 0.6 is 11.6 Å². The monoisotopic (exact) mass is 426 g/mol. The van der Waals surface area contributed by atoms with Gasteiger partial charge in [-0.1, -0.05) is 66.2 Å². The minimum atomic E-state index is 0.718. The third-order valence-electron chi connectivity index (χ3n) is 5.69. The van der Waals surface area contributed by atoms with Crippen LogP contribution in [-0.4, -0.2) is 14.1 Å². The summed E-state index contributed by atoms with van der Waals surface area (Å²) in [5.41, 5.74) is 11.8. The average molecular weight is 427 g/mol. The largest absolute Gasteiger partial charge is 0.397 e. The summed E-state index contributed by atoms with van der Waals surface area (Å²) in [6.45, 7) is 1.58. The number of rotatable bonds is 6. The first-order valence-electron chi connectivity index (χ1n) is 10.3. The smallest absolute Gasteiger partial charge is 0.0948 e. The Hall–Kier alpha value is -3.50. The van der Waals surface area contributed by atoms with Gasteiger partial charge in [0.2, 0.25) is 0 Å². The van der Waals surface area contributed by atoms with Gasteiger partial charge in [0.25, 0.3) is 0 Å². The molecule has 0 aliphatic carbocycles. The quantitative estimate of drug-likeness (QED) is 0.360. The van der Waals surface area contributed by atoms with Crippen LogP contribution in [0.1, 0.15) is 11.3 Å². The summed E-state index contributed by atoms with van der Waals surface area (Å²) in [5.74, 6) is 0. The van der Waals surface area contributed by atoms with E-state index in [-0.39, 0.29) is 0 Å². The van der Waals surface area contributed by atoms with Gasteiger partial charge in [0.05, 0.1) is 24.3 Å². The first kappa shape index (κ1) is 19.5. The molecule has 4 nitrogen and oxygen atoms in total. The average Bonchev–Trinajstić information content (AvgIpc) is 3.39. The van der Waals surface area contributed by atoms with Gasteiger partial charge in [0.1, 0.15) is 0 Å². The molecule has 0 aliphatic rings. The second-order valence-electron chi connectivity index (χ2n) is 7.78. The van der Waals surface area contributed by atoms with Crippen molar-refractivity contribution in [3.8, 4) is 11.1 Å². The van der Waals surface area contributed by atoms with Crippen molar-refractivity contribution in [2.24, 2.45) is 0 Å². The summed E-state index contributed by atoms with van der Waals surface area (Å²) >= 11 is 5.99. The maximum Gasteiger partial charge on any atom is 0.0948 e. The van der Waals surface area contributed by atoms with E-state index in [9.17, 15) is 0 Å². The molecule has 0 saturated heterocycles. The van der Waals surface area contributed by atoms with Crippen LogP contribution in [0.15, 0.2) is 91.6 Å². The second-order valence-corrected chi connectivity index (χ2v) is 8.22. The van der Waals surface area contributed by atoms with Crippen LogP contribution in [0.4, 0.5) is 5.69 Å². The molecular weight excluding hydrogens is 404 g/mol. The number of anilines is 1. The van der Waals surface area contributed by atoms with E-state index in [0.717, 1.165) is 47.0 Å². The van der Waals surface area contributed by atoms with Crippen molar-refractivity contribution in [2.45, 2.75) is 19.5 Å². The zero-order valence-electron chi connectivity index (χ0n) is 17.1. The topological polar surface area (TPSA) is 48.8 Å². The number of fused-ring (bicyclic) bond motifs is 1. The molecule has 3 aromatic carbocycles. The van der Waals surface area contributed by atoms with E-state index in [1.54, 1.807) is 0 Å². The van der Waals surface area contributed by atoms with Crippen LogP contribution in [0.25, 0.3) is 21.9 Å². The lowest BCUT2D eigenvalue weighted by Crippen LogP contribution is -2.07. The van der Waals surface area contributed by atoms with E-state index >= 15 is 0 Å². The molecule has 2 N–H and O–H groups in total. The first-order valence-corrected chi connectivity index (χ1v) is 10.7. The number of aromatic nitrogens is 3. The van der Waals surface area contributed by atoms with E-state index in [0.29, 0.717) is 0 Å². The van der Waals surface area contributed by atoms with Crippen LogP contribution in [0.3, 0.4) is 0 Å². The number of halogens is 1. The third kappa shape index (κ3) is 4.07. The second kappa shape index (κ2) is 8.32. The molecule has 0 spiro atoms. The molecule has 0 amide bonds. The molecule has 0 atom stereocenters. The van der Waals surface area contributed by atoms with E-state index < -0.39 is 0 Å². The van der Waals surface area contributed by atoms with Crippen molar-refractivity contribution < 1.29 is 0 Å². The highest BCUT2D eigenvalue weighted by Gasteiger charge is 2.11. The fourth-order valence-corrected chi connectivity index (χ4v) is 4.20. The van der Waals surface area contributed by atoms with Crippen molar-refractivity contribution in [1.82, 2.24) is 14.1 Å². The molecule has 0 bridgehead atoms. The molecule has 5 rings (SSSR count). The number of nitrogen functional groups attached to an aromatic ring is 1. The Labute approximate surface area is 186 Å². The maximum absolute atomic E-state index is 6.42. The van der Waals surface area contributed by atoms with Crippen molar-refractivity contribution in [3.63, 3.8) is 0 Å². The van der Waals surface area contributed by atoms with Crippen molar-refractivity contribution in [1.29, 1.82) is 0 Å².